The lowest BCUT2D eigenvalue weighted by molar-refractivity contribution is 0.575. The molecule has 0 radical (unpaired) electrons. The molecule has 0 amide bonds. The van der Waals surface area contributed by atoms with Gasteiger partial charge in [0.1, 0.15) is 9.84 Å². The van der Waals surface area contributed by atoms with Crippen LogP contribution in [0.4, 0.5) is 0 Å². The predicted octanol–water partition coefficient (Wildman–Crippen LogP) is -0.240. The number of sulfone groups is 1. The van der Waals surface area contributed by atoms with Crippen molar-refractivity contribution in [2.75, 3.05) is 11.5 Å². The van der Waals surface area contributed by atoms with E-state index in [1.165, 1.54) is 0 Å². The highest BCUT2D eigenvalue weighted by molar-refractivity contribution is 7.91. The van der Waals surface area contributed by atoms with E-state index in [1.54, 1.807) is 0 Å². The Labute approximate surface area is 55.3 Å². The second-order valence-corrected chi connectivity index (χ2v) is 4.52. The van der Waals surface area contributed by atoms with Gasteiger partial charge in [-0.15, -0.1) is 0 Å². The Hall–Kier alpha value is -0.0900. The van der Waals surface area contributed by atoms with E-state index in [1.807, 2.05) is 0 Å². The van der Waals surface area contributed by atoms with Crippen LogP contribution in [0.25, 0.3) is 0 Å². The van der Waals surface area contributed by atoms with Gasteiger partial charge in [-0.3, -0.25) is 0 Å². The molecule has 1 rings (SSSR count). The molecule has 56 valence electrons. The summed E-state index contributed by atoms with van der Waals surface area (Å²) in [5.41, 5.74) is 0. The fraction of sp³-hybridized carbons (Fsp3) is 1.00. The molecule has 0 aromatic rings. The quantitative estimate of drug-likeness (QED) is 0.481. The summed E-state index contributed by atoms with van der Waals surface area (Å²) in [4.78, 5) is 0. The van der Waals surface area contributed by atoms with Crippen LogP contribution in [0.1, 0.15) is 19.3 Å². The van der Waals surface area contributed by atoms with Crippen molar-refractivity contribution in [2.45, 2.75) is 19.3 Å². The van der Waals surface area contributed by atoms with Gasteiger partial charge in [-0.2, -0.15) is 0 Å². The van der Waals surface area contributed by atoms with Crippen molar-refractivity contribution in [3.8, 4) is 0 Å². The SMILES string of the molecule is O.O=S1(=O)CCCCC1. The average Bonchev–Trinajstić information content (AvgIpc) is 1.65. The molecule has 0 unspecified atom stereocenters. The lowest BCUT2D eigenvalue weighted by Gasteiger charge is -2.08. The van der Waals surface area contributed by atoms with Crippen LogP contribution in [0.3, 0.4) is 0 Å². The first-order valence-corrected chi connectivity index (χ1v) is 4.73. The highest BCUT2D eigenvalue weighted by Gasteiger charge is 2.14. The number of hydrogen-bond donors (Lipinski definition) is 0. The summed E-state index contributed by atoms with van der Waals surface area (Å²) in [5, 5.41) is 0. The largest absolute Gasteiger partial charge is 0.412 e. The van der Waals surface area contributed by atoms with Gasteiger partial charge in [-0.1, -0.05) is 6.42 Å². The molecular weight excluding hydrogens is 140 g/mol. The fourth-order valence-electron chi connectivity index (χ4n) is 0.923. The van der Waals surface area contributed by atoms with Gasteiger partial charge >= 0.3 is 0 Å². The maximum atomic E-state index is 10.7. The molecule has 2 N–H and O–H groups in total. The third kappa shape index (κ3) is 2.81. The molecule has 0 aromatic carbocycles. The van der Waals surface area contributed by atoms with Crippen LogP contribution in [0, 0.1) is 0 Å². The van der Waals surface area contributed by atoms with Crippen molar-refractivity contribution in [1.82, 2.24) is 0 Å². The molecular formula is C5H12O3S. The normalized spacial score (nSPS) is 24.4. The zero-order valence-electron chi connectivity index (χ0n) is 5.26. The Morgan fingerprint density at radius 1 is 0.889 bits per heavy atom. The number of rotatable bonds is 0. The molecule has 1 saturated heterocycles. The van der Waals surface area contributed by atoms with E-state index in [9.17, 15) is 8.42 Å². The van der Waals surface area contributed by atoms with Crippen LogP contribution in [-0.2, 0) is 9.84 Å². The standard InChI is InChI=1S/C5H10O2S.H2O/c6-8(7)4-2-1-3-5-8;/h1-5H2;1H2. The zero-order valence-corrected chi connectivity index (χ0v) is 6.08. The van der Waals surface area contributed by atoms with Gasteiger partial charge in [0.25, 0.3) is 0 Å². The van der Waals surface area contributed by atoms with E-state index in [-0.39, 0.29) is 5.48 Å². The Bertz CT molecular complexity index is 147. The lowest BCUT2D eigenvalue weighted by atomic mass is 10.3. The summed E-state index contributed by atoms with van der Waals surface area (Å²) >= 11 is 0. The first-order chi connectivity index (χ1) is 3.71. The minimum absolute atomic E-state index is 0. The minimum atomic E-state index is -2.58. The van der Waals surface area contributed by atoms with Crippen LogP contribution in [0.2, 0.25) is 0 Å². The summed E-state index contributed by atoms with van der Waals surface area (Å²) in [6.07, 6.45) is 2.85. The Morgan fingerprint density at radius 3 is 1.56 bits per heavy atom. The van der Waals surface area contributed by atoms with E-state index in [0.717, 1.165) is 19.3 Å². The van der Waals surface area contributed by atoms with E-state index in [2.05, 4.69) is 0 Å². The van der Waals surface area contributed by atoms with E-state index >= 15 is 0 Å². The van der Waals surface area contributed by atoms with Crippen molar-refractivity contribution in [2.24, 2.45) is 0 Å². The molecule has 0 aliphatic carbocycles. The molecule has 3 nitrogen and oxygen atoms in total. The third-order valence-electron chi connectivity index (χ3n) is 1.41. The van der Waals surface area contributed by atoms with Gasteiger partial charge in [0.05, 0.1) is 11.5 Å². The second kappa shape index (κ2) is 3.17. The maximum Gasteiger partial charge on any atom is 0.150 e. The molecule has 1 aliphatic rings. The van der Waals surface area contributed by atoms with Gasteiger partial charge in [0.2, 0.25) is 0 Å². The van der Waals surface area contributed by atoms with E-state index in [4.69, 9.17) is 0 Å². The predicted molar refractivity (Wildman–Crippen MR) is 36.1 cm³/mol. The number of hydrogen-bond acceptors (Lipinski definition) is 2. The van der Waals surface area contributed by atoms with Gasteiger partial charge in [0.15, 0.2) is 0 Å². The second-order valence-electron chi connectivity index (χ2n) is 2.21. The van der Waals surface area contributed by atoms with Crippen LogP contribution in [-0.4, -0.2) is 25.4 Å². The zero-order chi connectivity index (χ0) is 6.04. The Balaban J connectivity index is 0.000000640. The first kappa shape index (κ1) is 8.91. The fourth-order valence-corrected chi connectivity index (χ4v) is 2.41. The van der Waals surface area contributed by atoms with E-state index < -0.39 is 9.84 Å². The topological polar surface area (TPSA) is 65.6 Å². The first-order valence-electron chi connectivity index (χ1n) is 2.91. The molecule has 1 aliphatic heterocycles. The van der Waals surface area contributed by atoms with Crippen LogP contribution in [0.15, 0.2) is 0 Å². The van der Waals surface area contributed by atoms with Crippen LogP contribution < -0.4 is 0 Å². The Kier molecular flexibility index (Phi) is 3.14. The lowest BCUT2D eigenvalue weighted by Crippen LogP contribution is -2.15. The van der Waals surface area contributed by atoms with Crippen molar-refractivity contribution >= 4 is 9.84 Å². The van der Waals surface area contributed by atoms with Gasteiger partial charge in [0, 0.05) is 0 Å². The Morgan fingerprint density at radius 2 is 1.33 bits per heavy atom. The van der Waals surface area contributed by atoms with Crippen LogP contribution >= 0.6 is 0 Å². The van der Waals surface area contributed by atoms with Crippen molar-refractivity contribution in [1.29, 1.82) is 0 Å². The molecule has 1 fully saturated rings. The molecule has 0 bridgehead atoms. The van der Waals surface area contributed by atoms with Crippen LogP contribution in [0.5, 0.6) is 0 Å². The summed E-state index contributed by atoms with van der Waals surface area (Å²) in [5.74, 6) is 0.847. The summed E-state index contributed by atoms with van der Waals surface area (Å²) in [6, 6.07) is 0. The summed E-state index contributed by atoms with van der Waals surface area (Å²) in [7, 11) is -2.58. The monoisotopic (exact) mass is 152 g/mol. The van der Waals surface area contributed by atoms with Crippen molar-refractivity contribution in [3.63, 3.8) is 0 Å². The molecule has 0 spiro atoms. The minimum Gasteiger partial charge on any atom is -0.412 e. The molecule has 9 heavy (non-hydrogen) atoms. The van der Waals surface area contributed by atoms with Gasteiger partial charge in [-0.05, 0) is 12.8 Å². The highest BCUT2D eigenvalue weighted by Crippen LogP contribution is 2.09. The molecule has 0 atom stereocenters. The van der Waals surface area contributed by atoms with Gasteiger partial charge < -0.3 is 5.48 Å². The van der Waals surface area contributed by atoms with Gasteiger partial charge in [-0.25, -0.2) is 8.42 Å². The molecule has 4 heteroatoms. The third-order valence-corrected chi connectivity index (χ3v) is 3.23. The maximum absolute atomic E-state index is 10.7. The molecule has 1 heterocycles. The molecule has 0 saturated carbocycles. The smallest absolute Gasteiger partial charge is 0.150 e. The molecule has 0 aromatic heterocycles. The average molecular weight is 152 g/mol. The van der Waals surface area contributed by atoms with Crippen molar-refractivity contribution in [3.05, 3.63) is 0 Å². The van der Waals surface area contributed by atoms with Crippen molar-refractivity contribution < 1.29 is 13.9 Å². The van der Waals surface area contributed by atoms with E-state index in [0.29, 0.717) is 11.5 Å². The summed E-state index contributed by atoms with van der Waals surface area (Å²) < 4.78 is 21.3. The summed E-state index contributed by atoms with van der Waals surface area (Å²) in [6.45, 7) is 0. The highest BCUT2D eigenvalue weighted by atomic mass is 32.2.